The zero-order valence-corrected chi connectivity index (χ0v) is 14.8. The molecule has 0 radical (unpaired) electrons. The highest BCUT2D eigenvalue weighted by molar-refractivity contribution is 5.60. The van der Waals surface area contributed by atoms with Crippen molar-refractivity contribution in [1.29, 1.82) is 0 Å². The molecule has 1 aromatic rings. The van der Waals surface area contributed by atoms with E-state index in [1.165, 1.54) is 11.1 Å². The molecule has 0 fully saturated rings. The minimum absolute atomic E-state index is 0.00321. The van der Waals surface area contributed by atoms with Gasteiger partial charge in [-0.15, -0.1) is 0 Å². The highest BCUT2D eigenvalue weighted by Gasteiger charge is 2.52. The van der Waals surface area contributed by atoms with Crippen LogP contribution in [0.2, 0.25) is 0 Å². The Morgan fingerprint density at radius 1 is 1.42 bits per heavy atom. The summed E-state index contributed by atoms with van der Waals surface area (Å²) in [6, 6.07) is 4.78. The summed E-state index contributed by atoms with van der Waals surface area (Å²) in [5.74, 6) is 1.74. The van der Waals surface area contributed by atoms with E-state index >= 15 is 0 Å². The molecule has 4 nitrogen and oxygen atoms in total. The Bertz CT molecular complexity index is 671. The SMILES string of the molecule is CCOc1ccc2c3c1OC1CC(O)C=CC31CCC(C)N(C)C2. The fourth-order valence-electron chi connectivity index (χ4n) is 4.53. The molecule has 0 saturated carbocycles. The number of hydrogen-bond donors (Lipinski definition) is 1. The van der Waals surface area contributed by atoms with Crippen LogP contribution in [0.4, 0.5) is 0 Å². The molecule has 1 spiro atoms. The zero-order valence-electron chi connectivity index (χ0n) is 14.8. The summed E-state index contributed by atoms with van der Waals surface area (Å²) >= 11 is 0. The largest absolute Gasteiger partial charge is 0.490 e. The van der Waals surface area contributed by atoms with Crippen molar-refractivity contribution in [1.82, 2.24) is 4.90 Å². The molecule has 3 aliphatic rings. The zero-order chi connectivity index (χ0) is 16.9. The Morgan fingerprint density at radius 2 is 2.25 bits per heavy atom. The Kier molecular flexibility index (Phi) is 3.85. The van der Waals surface area contributed by atoms with Gasteiger partial charge in [0.2, 0.25) is 0 Å². The molecule has 1 N–H and O–H groups in total. The lowest BCUT2D eigenvalue weighted by Crippen LogP contribution is -2.45. The Hall–Kier alpha value is -1.52. The van der Waals surface area contributed by atoms with Crippen LogP contribution in [0.15, 0.2) is 24.3 Å². The van der Waals surface area contributed by atoms with Crippen LogP contribution >= 0.6 is 0 Å². The first-order chi connectivity index (χ1) is 11.5. The van der Waals surface area contributed by atoms with Crippen LogP contribution in [0.25, 0.3) is 0 Å². The van der Waals surface area contributed by atoms with E-state index in [1.54, 1.807) is 0 Å². The minimum atomic E-state index is -0.417. The monoisotopic (exact) mass is 329 g/mol. The molecule has 0 amide bonds. The third-order valence-electron chi connectivity index (χ3n) is 6.03. The molecule has 0 aromatic heterocycles. The molecular weight excluding hydrogens is 302 g/mol. The van der Waals surface area contributed by atoms with Gasteiger partial charge in [-0.05, 0) is 45.4 Å². The third-order valence-corrected chi connectivity index (χ3v) is 6.03. The summed E-state index contributed by atoms with van der Waals surface area (Å²) in [6.45, 7) is 5.84. The van der Waals surface area contributed by atoms with Crippen molar-refractivity contribution in [2.45, 2.75) is 63.3 Å². The smallest absolute Gasteiger partial charge is 0.166 e. The Morgan fingerprint density at radius 3 is 3.04 bits per heavy atom. The van der Waals surface area contributed by atoms with Crippen LogP contribution in [0.3, 0.4) is 0 Å². The maximum absolute atomic E-state index is 10.1. The molecule has 1 aliphatic carbocycles. The van der Waals surface area contributed by atoms with E-state index in [2.05, 4.69) is 31.0 Å². The lowest BCUT2D eigenvalue weighted by Gasteiger charge is -2.40. The van der Waals surface area contributed by atoms with Gasteiger partial charge in [0, 0.05) is 24.6 Å². The van der Waals surface area contributed by atoms with Crippen molar-refractivity contribution in [2.24, 2.45) is 0 Å². The van der Waals surface area contributed by atoms with Crippen molar-refractivity contribution in [2.75, 3.05) is 13.7 Å². The fraction of sp³-hybridized carbons (Fsp3) is 0.600. The van der Waals surface area contributed by atoms with Gasteiger partial charge in [-0.25, -0.2) is 0 Å². The van der Waals surface area contributed by atoms with Crippen LogP contribution in [0.5, 0.6) is 11.5 Å². The van der Waals surface area contributed by atoms with Gasteiger partial charge in [0.05, 0.1) is 18.1 Å². The molecule has 2 heterocycles. The van der Waals surface area contributed by atoms with Crippen LogP contribution in [-0.2, 0) is 12.0 Å². The quantitative estimate of drug-likeness (QED) is 0.847. The highest BCUT2D eigenvalue weighted by Crippen LogP contribution is 2.56. The Labute approximate surface area is 144 Å². The molecule has 24 heavy (non-hydrogen) atoms. The van der Waals surface area contributed by atoms with Crippen LogP contribution in [0.1, 0.15) is 44.2 Å². The number of benzene rings is 1. The second kappa shape index (κ2) is 5.78. The summed E-state index contributed by atoms with van der Waals surface area (Å²) in [5.41, 5.74) is 2.50. The predicted molar refractivity (Wildman–Crippen MR) is 93.6 cm³/mol. The van der Waals surface area contributed by atoms with Gasteiger partial charge >= 0.3 is 0 Å². The summed E-state index contributed by atoms with van der Waals surface area (Å²) < 4.78 is 12.3. The number of rotatable bonds is 2. The number of nitrogens with zero attached hydrogens (tertiary/aromatic N) is 1. The van der Waals surface area contributed by atoms with E-state index in [1.807, 2.05) is 19.1 Å². The molecular formula is C20H27NO3. The maximum atomic E-state index is 10.1. The maximum Gasteiger partial charge on any atom is 0.166 e. The predicted octanol–water partition coefficient (Wildman–Crippen LogP) is 3.02. The van der Waals surface area contributed by atoms with Gasteiger partial charge in [0.1, 0.15) is 6.10 Å². The van der Waals surface area contributed by atoms with Crippen molar-refractivity contribution in [3.63, 3.8) is 0 Å². The van der Waals surface area contributed by atoms with Crippen molar-refractivity contribution in [3.8, 4) is 11.5 Å². The molecule has 0 saturated heterocycles. The van der Waals surface area contributed by atoms with E-state index in [4.69, 9.17) is 9.47 Å². The molecule has 130 valence electrons. The van der Waals surface area contributed by atoms with E-state index in [0.29, 0.717) is 19.1 Å². The van der Waals surface area contributed by atoms with Gasteiger partial charge < -0.3 is 14.6 Å². The number of hydrogen-bond acceptors (Lipinski definition) is 4. The Balaban J connectivity index is 1.90. The highest BCUT2D eigenvalue weighted by atomic mass is 16.5. The second-order valence-corrected chi connectivity index (χ2v) is 7.47. The van der Waals surface area contributed by atoms with Crippen LogP contribution in [-0.4, -0.2) is 41.9 Å². The van der Waals surface area contributed by atoms with Crippen LogP contribution < -0.4 is 9.47 Å². The van der Waals surface area contributed by atoms with Gasteiger partial charge in [0.25, 0.3) is 0 Å². The molecule has 4 atom stereocenters. The normalized spacial score (nSPS) is 34.8. The summed E-state index contributed by atoms with van der Waals surface area (Å²) in [4.78, 5) is 2.41. The van der Waals surface area contributed by atoms with E-state index < -0.39 is 6.10 Å². The molecule has 4 heteroatoms. The third kappa shape index (κ3) is 2.27. The van der Waals surface area contributed by atoms with E-state index in [-0.39, 0.29) is 11.5 Å². The first-order valence-electron chi connectivity index (χ1n) is 9.08. The molecule has 0 bridgehead atoms. The summed E-state index contributed by atoms with van der Waals surface area (Å²) in [5, 5.41) is 10.1. The number of aliphatic hydroxyl groups excluding tert-OH is 1. The van der Waals surface area contributed by atoms with Gasteiger partial charge in [-0.1, -0.05) is 18.2 Å². The standard InChI is InChI=1S/C20H27NO3/c1-4-23-16-6-5-14-12-21(3)13(2)7-9-20-10-8-15(22)11-17(20)24-19(16)18(14)20/h5-6,8,10,13,15,17,22H,4,7,9,11-12H2,1-3H3. The molecule has 1 aromatic carbocycles. The minimum Gasteiger partial charge on any atom is -0.490 e. The molecule has 2 aliphatic heterocycles. The topological polar surface area (TPSA) is 41.9 Å². The fourth-order valence-corrected chi connectivity index (χ4v) is 4.53. The summed E-state index contributed by atoms with van der Waals surface area (Å²) in [6.07, 6.45) is 6.58. The second-order valence-electron chi connectivity index (χ2n) is 7.47. The lowest BCUT2D eigenvalue weighted by atomic mass is 9.67. The van der Waals surface area contributed by atoms with Crippen LogP contribution in [0, 0.1) is 0 Å². The number of aliphatic hydroxyl groups is 1. The van der Waals surface area contributed by atoms with Crippen molar-refractivity contribution >= 4 is 0 Å². The van der Waals surface area contributed by atoms with Gasteiger partial charge in [-0.3, -0.25) is 4.90 Å². The van der Waals surface area contributed by atoms with Gasteiger partial charge in [0.15, 0.2) is 11.5 Å². The molecule has 4 unspecified atom stereocenters. The van der Waals surface area contributed by atoms with E-state index in [0.717, 1.165) is 30.9 Å². The first-order valence-corrected chi connectivity index (χ1v) is 9.08. The van der Waals surface area contributed by atoms with Crippen molar-refractivity contribution in [3.05, 3.63) is 35.4 Å². The van der Waals surface area contributed by atoms with Gasteiger partial charge in [-0.2, -0.15) is 0 Å². The average molecular weight is 329 g/mol. The lowest BCUT2D eigenvalue weighted by molar-refractivity contribution is 0.0782. The number of ether oxygens (including phenoxy) is 2. The first kappa shape index (κ1) is 16.0. The van der Waals surface area contributed by atoms with Crippen molar-refractivity contribution < 1.29 is 14.6 Å². The summed E-state index contributed by atoms with van der Waals surface area (Å²) in [7, 11) is 2.19. The van der Waals surface area contributed by atoms with E-state index in [9.17, 15) is 5.11 Å². The molecule has 4 rings (SSSR count). The average Bonchev–Trinajstić information content (AvgIpc) is 2.89.